The molecule has 3 nitrogen and oxygen atoms in total. The molecule has 0 saturated carbocycles. The van der Waals surface area contributed by atoms with Crippen LogP contribution in [-0.2, 0) is 14.2 Å². The molecule has 4 heteroatoms. The summed E-state index contributed by atoms with van der Waals surface area (Å²) in [6.07, 6.45) is 0. The fourth-order valence-electron chi connectivity index (χ4n) is 0.118. The first-order chi connectivity index (χ1) is 4.33. The van der Waals surface area contributed by atoms with Gasteiger partial charge in [-0.25, -0.2) is 0 Å². The van der Waals surface area contributed by atoms with E-state index in [4.69, 9.17) is 11.6 Å². The van der Waals surface area contributed by atoms with E-state index >= 15 is 0 Å². The van der Waals surface area contributed by atoms with Crippen LogP contribution >= 0.6 is 11.6 Å². The van der Waals surface area contributed by atoms with Gasteiger partial charge in [-0.3, -0.25) is 0 Å². The molecular formula is C5H13ClO3. The number of ether oxygens (including phenoxy) is 3. The molecule has 0 aliphatic heterocycles. The molecule has 0 aliphatic carbocycles. The molecule has 0 aromatic heterocycles. The van der Waals surface area contributed by atoms with E-state index in [9.17, 15) is 0 Å². The van der Waals surface area contributed by atoms with Crippen molar-refractivity contribution in [2.24, 2.45) is 0 Å². The van der Waals surface area contributed by atoms with E-state index in [0.717, 1.165) is 0 Å². The highest BCUT2D eigenvalue weighted by molar-refractivity contribution is 6.17. The first kappa shape index (κ1) is 11.9. The lowest BCUT2D eigenvalue weighted by Gasteiger charge is -1.87. The minimum absolute atomic E-state index is 0.292. The number of methoxy groups -OCH3 is 3. The van der Waals surface area contributed by atoms with Gasteiger partial charge in [0.1, 0.15) is 12.9 Å². The molecule has 0 spiro atoms. The normalized spacial score (nSPS) is 8.00. The van der Waals surface area contributed by atoms with E-state index in [1.54, 1.807) is 21.3 Å². The molecule has 0 N–H and O–H groups in total. The summed E-state index contributed by atoms with van der Waals surface area (Å²) in [7, 11) is 4.72. The summed E-state index contributed by atoms with van der Waals surface area (Å²) in [5, 5.41) is 0. The third-order valence-electron chi connectivity index (χ3n) is 0.345. The zero-order chi connectivity index (χ0) is 7.54. The Morgan fingerprint density at radius 1 is 1.00 bits per heavy atom. The van der Waals surface area contributed by atoms with Crippen LogP contribution in [0.25, 0.3) is 0 Å². The number of rotatable bonds is 3. The topological polar surface area (TPSA) is 27.7 Å². The first-order valence-corrected chi connectivity index (χ1v) is 2.89. The van der Waals surface area contributed by atoms with Crippen LogP contribution in [0.5, 0.6) is 0 Å². The van der Waals surface area contributed by atoms with Crippen LogP contribution in [0.2, 0.25) is 0 Å². The van der Waals surface area contributed by atoms with E-state index in [1.807, 2.05) is 0 Å². The van der Waals surface area contributed by atoms with Crippen molar-refractivity contribution in [3.05, 3.63) is 0 Å². The number of hydrogen-bond acceptors (Lipinski definition) is 3. The maximum atomic E-state index is 4.96. The molecule has 0 bridgehead atoms. The van der Waals surface area contributed by atoms with E-state index < -0.39 is 0 Å². The van der Waals surface area contributed by atoms with Crippen molar-refractivity contribution in [1.82, 2.24) is 0 Å². The van der Waals surface area contributed by atoms with Gasteiger partial charge in [-0.05, 0) is 0 Å². The van der Waals surface area contributed by atoms with Crippen molar-refractivity contribution in [3.8, 4) is 0 Å². The molecule has 0 radical (unpaired) electrons. The van der Waals surface area contributed by atoms with E-state index in [1.165, 1.54) is 0 Å². The van der Waals surface area contributed by atoms with Gasteiger partial charge in [0.05, 0.1) is 0 Å². The maximum Gasteiger partial charge on any atom is 0.145 e. The van der Waals surface area contributed by atoms with Gasteiger partial charge < -0.3 is 14.2 Å². The Bertz CT molecular complexity index is 31.4. The summed E-state index contributed by atoms with van der Waals surface area (Å²) in [6, 6.07) is 0.292. The van der Waals surface area contributed by atoms with Crippen LogP contribution in [0.4, 0.5) is 0 Å². The zero-order valence-electron chi connectivity index (χ0n) is 6.02. The highest BCUT2D eigenvalue weighted by atomic mass is 35.5. The molecule has 0 aromatic rings. The first-order valence-electron chi connectivity index (χ1n) is 2.36. The molecule has 0 aliphatic rings. The van der Waals surface area contributed by atoms with E-state index in [2.05, 4.69) is 14.2 Å². The molecule has 0 rings (SSSR count). The van der Waals surface area contributed by atoms with Gasteiger partial charge in [0.25, 0.3) is 0 Å². The van der Waals surface area contributed by atoms with Gasteiger partial charge in [-0.1, -0.05) is 11.6 Å². The molecule has 0 amide bonds. The molecule has 0 unspecified atom stereocenters. The summed E-state index contributed by atoms with van der Waals surface area (Å²) in [5.41, 5.74) is 0. The van der Waals surface area contributed by atoms with Gasteiger partial charge in [0.2, 0.25) is 0 Å². The number of alkyl halides is 1. The Hall–Kier alpha value is 0.170. The van der Waals surface area contributed by atoms with Crippen molar-refractivity contribution in [3.63, 3.8) is 0 Å². The predicted octanol–water partition coefficient (Wildman–Crippen LogP) is 1.07. The third kappa shape index (κ3) is 31.0. The van der Waals surface area contributed by atoms with Crippen molar-refractivity contribution in [1.29, 1.82) is 0 Å². The Labute approximate surface area is 60.8 Å². The lowest BCUT2D eigenvalue weighted by atomic mass is 11.4. The molecule has 9 heavy (non-hydrogen) atoms. The Balaban J connectivity index is 0. The lowest BCUT2D eigenvalue weighted by Crippen LogP contribution is -1.87. The number of halogens is 1. The van der Waals surface area contributed by atoms with Crippen LogP contribution in [0.3, 0.4) is 0 Å². The Morgan fingerprint density at radius 2 is 1.33 bits per heavy atom. The minimum atomic E-state index is 0.292. The van der Waals surface area contributed by atoms with Gasteiger partial charge >= 0.3 is 0 Å². The highest BCUT2D eigenvalue weighted by Crippen LogP contribution is 1.66. The van der Waals surface area contributed by atoms with Gasteiger partial charge in [-0.2, -0.15) is 0 Å². The summed E-state index contributed by atoms with van der Waals surface area (Å²) in [4.78, 5) is 0. The van der Waals surface area contributed by atoms with Gasteiger partial charge in [0, 0.05) is 21.3 Å². The van der Waals surface area contributed by atoms with Crippen molar-refractivity contribution < 1.29 is 14.2 Å². The zero-order valence-corrected chi connectivity index (χ0v) is 6.77. The second-order valence-electron chi connectivity index (χ2n) is 1.09. The third-order valence-corrected chi connectivity index (χ3v) is 0.563. The van der Waals surface area contributed by atoms with Crippen molar-refractivity contribution >= 4 is 11.6 Å². The number of hydrogen-bond donors (Lipinski definition) is 0. The molecular weight excluding hydrogens is 144 g/mol. The van der Waals surface area contributed by atoms with Gasteiger partial charge in [0.15, 0.2) is 0 Å². The van der Waals surface area contributed by atoms with Crippen LogP contribution in [0, 0.1) is 0 Å². The Morgan fingerprint density at radius 3 is 1.33 bits per heavy atom. The van der Waals surface area contributed by atoms with Crippen LogP contribution in [-0.4, -0.2) is 34.2 Å². The standard InChI is InChI=1S/C3H8O2.C2H5ClO/c1-4-3-5-2;1-4-2-3/h3H2,1-2H3;2H2,1H3. The summed E-state index contributed by atoms with van der Waals surface area (Å²) >= 11 is 4.96. The molecule has 0 fully saturated rings. The molecule has 0 saturated heterocycles. The van der Waals surface area contributed by atoms with E-state index in [-0.39, 0.29) is 0 Å². The molecule has 0 aromatic carbocycles. The summed E-state index contributed by atoms with van der Waals surface area (Å²) in [5.74, 6) is 0. The molecule has 0 heterocycles. The van der Waals surface area contributed by atoms with Gasteiger partial charge in [-0.15, -0.1) is 0 Å². The predicted molar refractivity (Wildman–Crippen MR) is 36.6 cm³/mol. The minimum Gasteiger partial charge on any atom is -0.369 e. The largest absolute Gasteiger partial charge is 0.369 e. The summed E-state index contributed by atoms with van der Waals surface area (Å²) < 4.78 is 13.2. The SMILES string of the molecule is COCCl.COCOC. The molecule has 58 valence electrons. The quantitative estimate of drug-likeness (QED) is 0.452. The van der Waals surface area contributed by atoms with Crippen molar-refractivity contribution in [2.45, 2.75) is 0 Å². The molecule has 0 atom stereocenters. The Kier molecular flexibility index (Phi) is 20.8. The fourth-order valence-corrected chi connectivity index (χ4v) is 0.118. The maximum absolute atomic E-state index is 4.96. The van der Waals surface area contributed by atoms with Crippen LogP contribution in [0.1, 0.15) is 0 Å². The lowest BCUT2D eigenvalue weighted by molar-refractivity contribution is -0.00271. The van der Waals surface area contributed by atoms with Crippen LogP contribution < -0.4 is 0 Å². The average molecular weight is 157 g/mol. The second kappa shape index (κ2) is 15.7. The van der Waals surface area contributed by atoms with E-state index in [0.29, 0.717) is 12.9 Å². The second-order valence-corrected chi connectivity index (χ2v) is 1.31. The van der Waals surface area contributed by atoms with Crippen molar-refractivity contribution in [2.75, 3.05) is 34.2 Å². The fraction of sp³-hybridized carbons (Fsp3) is 1.00. The summed E-state index contributed by atoms with van der Waals surface area (Å²) in [6.45, 7) is 0.389. The average Bonchev–Trinajstić information content (AvgIpc) is 1.91. The smallest absolute Gasteiger partial charge is 0.145 e. The monoisotopic (exact) mass is 156 g/mol. The highest BCUT2D eigenvalue weighted by Gasteiger charge is 1.63. The van der Waals surface area contributed by atoms with Crippen LogP contribution in [0.15, 0.2) is 0 Å².